The Morgan fingerprint density at radius 3 is 2.29 bits per heavy atom. The first-order valence-corrected chi connectivity index (χ1v) is 9.90. The molecule has 2 aromatic rings. The van der Waals surface area contributed by atoms with Gasteiger partial charge in [-0.05, 0) is 37.0 Å². The van der Waals surface area contributed by atoms with Crippen LogP contribution in [0.4, 0.5) is 10.1 Å². The van der Waals surface area contributed by atoms with Crippen molar-refractivity contribution in [1.29, 1.82) is 0 Å². The third-order valence-corrected chi connectivity index (χ3v) is 5.33. The zero-order valence-corrected chi connectivity index (χ0v) is 17.5. The largest absolute Gasteiger partial charge is 0.306 e. The summed E-state index contributed by atoms with van der Waals surface area (Å²) in [6.07, 6.45) is 2.79. The summed E-state index contributed by atoms with van der Waals surface area (Å²) >= 11 is 0. The molecule has 2 aromatic carbocycles. The van der Waals surface area contributed by atoms with Crippen molar-refractivity contribution in [2.24, 2.45) is 5.92 Å². The molecular weight excluding hydrogens is 375 g/mol. The molecular formula is C23H30ClFN2O. The van der Waals surface area contributed by atoms with Crippen LogP contribution in [-0.4, -0.2) is 36.5 Å². The Labute approximate surface area is 173 Å². The fourth-order valence-electron chi connectivity index (χ4n) is 3.75. The Kier molecular flexibility index (Phi) is 8.46. The van der Waals surface area contributed by atoms with Crippen molar-refractivity contribution in [3.8, 4) is 0 Å². The first-order valence-electron chi connectivity index (χ1n) is 9.90. The molecule has 3 rings (SSSR count). The van der Waals surface area contributed by atoms with Crippen LogP contribution in [0.5, 0.6) is 0 Å². The van der Waals surface area contributed by atoms with E-state index in [0.717, 1.165) is 38.9 Å². The summed E-state index contributed by atoms with van der Waals surface area (Å²) in [7, 11) is 0. The second kappa shape index (κ2) is 10.6. The Balaban J connectivity index is 0.00000280. The van der Waals surface area contributed by atoms with Crippen molar-refractivity contribution in [2.45, 2.75) is 39.2 Å². The molecule has 28 heavy (non-hydrogen) atoms. The van der Waals surface area contributed by atoms with Crippen molar-refractivity contribution < 1.29 is 9.18 Å². The van der Waals surface area contributed by atoms with Crippen LogP contribution in [0.15, 0.2) is 54.6 Å². The molecule has 1 aliphatic rings. The lowest BCUT2D eigenvalue weighted by Gasteiger charge is -2.39. The smallest absolute Gasteiger partial charge is 0.229 e. The van der Waals surface area contributed by atoms with Gasteiger partial charge in [-0.1, -0.05) is 56.3 Å². The third kappa shape index (κ3) is 5.55. The maximum Gasteiger partial charge on any atom is 0.229 e. The minimum atomic E-state index is -0.321. The van der Waals surface area contributed by atoms with Crippen LogP contribution in [0.2, 0.25) is 0 Å². The van der Waals surface area contributed by atoms with Gasteiger partial charge >= 0.3 is 0 Å². The molecule has 1 fully saturated rings. The van der Waals surface area contributed by atoms with Gasteiger partial charge in [-0.2, -0.15) is 0 Å². The van der Waals surface area contributed by atoms with E-state index in [1.54, 1.807) is 23.1 Å². The Morgan fingerprint density at radius 2 is 1.68 bits per heavy atom. The van der Waals surface area contributed by atoms with E-state index in [0.29, 0.717) is 5.69 Å². The van der Waals surface area contributed by atoms with Gasteiger partial charge < -0.3 is 9.80 Å². The Bertz CT molecular complexity index is 745. The molecule has 1 aliphatic heterocycles. The van der Waals surface area contributed by atoms with E-state index < -0.39 is 0 Å². The monoisotopic (exact) mass is 404 g/mol. The lowest BCUT2D eigenvalue weighted by Crippen LogP contribution is -2.49. The van der Waals surface area contributed by atoms with Gasteiger partial charge in [-0.3, -0.25) is 4.79 Å². The normalized spacial score (nSPS) is 15.3. The maximum atomic E-state index is 14.4. The van der Waals surface area contributed by atoms with Gasteiger partial charge in [-0.15, -0.1) is 12.4 Å². The van der Waals surface area contributed by atoms with E-state index in [2.05, 4.69) is 29.2 Å². The fraction of sp³-hybridized carbons (Fsp3) is 0.435. The van der Waals surface area contributed by atoms with Crippen LogP contribution >= 0.6 is 12.4 Å². The quantitative estimate of drug-likeness (QED) is 0.680. The SMILES string of the molecule is CC(C)C(=O)N(c1ccccc1F)C1CCN(CCc2ccccc2)CC1.Cl. The summed E-state index contributed by atoms with van der Waals surface area (Å²) in [5.41, 5.74) is 1.77. The van der Waals surface area contributed by atoms with Crippen LogP contribution in [0.1, 0.15) is 32.3 Å². The van der Waals surface area contributed by atoms with Gasteiger partial charge in [0.15, 0.2) is 0 Å². The molecule has 0 saturated carbocycles. The number of rotatable bonds is 6. The van der Waals surface area contributed by atoms with Gasteiger partial charge in [0.25, 0.3) is 0 Å². The molecule has 0 spiro atoms. The van der Waals surface area contributed by atoms with Crippen molar-refractivity contribution in [1.82, 2.24) is 4.90 Å². The van der Waals surface area contributed by atoms with Gasteiger partial charge in [0, 0.05) is 31.6 Å². The minimum absolute atomic E-state index is 0. The molecule has 0 bridgehead atoms. The summed E-state index contributed by atoms with van der Waals surface area (Å²) in [5, 5.41) is 0. The van der Waals surface area contributed by atoms with Crippen LogP contribution in [0, 0.1) is 11.7 Å². The molecule has 0 aromatic heterocycles. The summed E-state index contributed by atoms with van der Waals surface area (Å²) in [6.45, 7) is 6.66. The fourth-order valence-corrected chi connectivity index (χ4v) is 3.75. The molecule has 1 amide bonds. The molecule has 0 aliphatic carbocycles. The predicted molar refractivity (Wildman–Crippen MR) is 116 cm³/mol. The molecule has 0 N–H and O–H groups in total. The Hall–Kier alpha value is -1.91. The lowest BCUT2D eigenvalue weighted by molar-refractivity contribution is -0.122. The number of hydrogen-bond acceptors (Lipinski definition) is 2. The zero-order chi connectivity index (χ0) is 19.2. The third-order valence-electron chi connectivity index (χ3n) is 5.33. The topological polar surface area (TPSA) is 23.6 Å². The summed E-state index contributed by atoms with van der Waals surface area (Å²) < 4.78 is 14.4. The first-order chi connectivity index (χ1) is 13.1. The van der Waals surface area contributed by atoms with Gasteiger partial charge in [0.05, 0.1) is 5.69 Å². The summed E-state index contributed by atoms with van der Waals surface area (Å²) in [4.78, 5) is 17.0. The van der Waals surface area contributed by atoms with Gasteiger partial charge in [0.1, 0.15) is 5.82 Å². The van der Waals surface area contributed by atoms with Crippen molar-refractivity contribution in [2.75, 3.05) is 24.5 Å². The van der Waals surface area contributed by atoms with Crippen LogP contribution in [-0.2, 0) is 11.2 Å². The molecule has 0 radical (unpaired) electrons. The predicted octanol–water partition coefficient (Wildman–Crippen LogP) is 4.94. The first kappa shape index (κ1) is 22.4. The number of carbonyl (C=O) groups excluding carboxylic acids is 1. The zero-order valence-electron chi connectivity index (χ0n) is 16.7. The standard InChI is InChI=1S/C23H29FN2O.ClH/c1-18(2)23(27)26(22-11-7-6-10-21(22)24)20-13-16-25(17-14-20)15-12-19-8-4-3-5-9-19;/h3-11,18,20H,12-17H2,1-2H3;1H. The van der Waals surface area contributed by atoms with E-state index in [1.807, 2.05) is 19.9 Å². The molecule has 1 heterocycles. The number of likely N-dealkylation sites (tertiary alicyclic amines) is 1. The highest BCUT2D eigenvalue weighted by molar-refractivity contribution is 5.95. The minimum Gasteiger partial charge on any atom is -0.306 e. The molecule has 0 unspecified atom stereocenters. The number of amides is 1. The van der Waals surface area contributed by atoms with Crippen molar-refractivity contribution in [3.63, 3.8) is 0 Å². The van der Waals surface area contributed by atoms with E-state index in [-0.39, 0.29) is 36.1 Å². The average molecular weight is 405 g/mol. The molecule has 3 nitrogen and oxygen atoms in total. The Morgan fingerprint density at radius 1 is 1.07 bits per heavy atom. The van der Waals surface area contributed by atoms with E-state index in [9.17, 15) is 9.18 Å². The number of halogens is 2. The van der Waals surface area contributed by atoms with Crippen molar-refractivity contribution >= 4 is 24.0 Å². The van der Waals surface area contributed by atoms with Crippen LogP contribution in [0.3, 0.4) is 0 Å². The number of para-hydroxylation sites is 1. The lowest BCUT2D eigenvalue weighted by atomic mass is 9.99. The molecule has 152 valence electrons. The number of hydrogen-bond donors (Lipinski definition) is 0. The highest BCUT2D eigenvalue weighted by Gasteiger charge is 2.31. The highest BCUT2D eigenvalue weighted by atomic mass is 35.5. The number of carbonyl (C=O) groups is 1. The summed E-state index contributed by atoms with van der Waals surface area (Å²) in [5.74, 6) is -0.471. The van der Waals surface area contributed by atoms with Gasteiger partial charge in [0.2, 0.25) is 5.91 Å². The molecule has 1 saturated heterocycles. The second-order valence-corrected chi connectivity index (χ2v) is 7.62. The van der Waals surface area contributed by atoms with Crippen molar-refractivity contribution in [3.05, 3.63) is 66.0 Å². The number of piperidine rings is 1. The highest BCUT2D eigenvalue weighted by Crippen LogP contribution is 2.28. The van der Waals surface area contributed by atoms with E-state index in [4.69, 9.17) is 0 Å². The molecule has 5 heteroatoms. The maximum absolute atomic E-state index is 14.4. The van der Waals surface area contributed by atoms with E-state index in [1.165, 1.54) is 11.6 Å². The van der Waals surface area contributed by atoms with E-state index >= 15 is 0 Å². The number of nitrogens with zero attached hydrogens (tertiary/aromatic N) is 2. The average Bonchev–Trinajstić information content (AvgIpc) is 2.69. The molecule has 0 atom stereocenters. The second-order valence-electron chi connectivity index (χ2n) is 7.62. The van der Waals surface area contributed by atoms with Gasteiger partial charge in [-0.25, -0.2) is 4.39 Å². The number of anilines is 1. The summed E-state index contributed by atoms with van der Waals surface area (Å²) in [6, 6.07) is 17.2. The number of benzene rings is 2. The van der Waals surface area contributed by atoms with Crippen LogP contribution < -0.4 is 4.90 Å². The van der Waals surface area contributed by atoms with Crippen LogP contribution in [0.25, 0.3) is 0 Å².